The highest BCUT2D eigenvalue weighted by Gasteiger charge is 2.31. The minimum Gasteiger partial charge on any atom is -0.310 e. The van der Waals surface area contributed by atoms with Gasteiger partial charge in [-0.3, -0.25) is 4.79 Å². The molecule has 0 radical (unpaired) electrons. The molecule has 1 amide bonds. The molecule has 0 aliphatic carbocycles. The Morgan fingerprint density at radius 1 is 1.47 bits per heavy atom. The quantitative estimate of drug-likeness (QED) is 0.577. The first-order valence-electron chi connectivity index (χ1n) is 4.94. The first kappa shape index (κ1) is 12.1. The molecule has 88 valence electrons. The van der Waals surface area contributed by atoms with Crippen molar-refractivity contribution in [3.63, 3.8) is 0 Å². The van der Waals surface area contributed by atoms with Crippen LogP contribution in [0, 0.1) is 29.9 Å². The molecule has 1 aliphatic heterocycles. The first-order valence-corrected chi connectivity index (χ1v) is 5.74. The van der Waals surface area contributed by atoms with Crippen LogP contribution in [-0.2, 0) is 4.79 Å². The number of halogens is 3. The normalized spacial score (nSPS) is 19.5. The summed E-state index contributed by atoms with van der Waals surface area (Å²) < 4.78 is 26.2. The molecule has 0 spiro atoms. The number of nitrogens with zero attached hydrogens (tertiary/aromatic N) is 1. The van der Waals surface area contributed by atoms with Gasteiger partial charge in [0.15, 0.2) is 11.6 Å². The summed E-state index contributed by atoms with van der Waals surface area (Å²) in [6, 6.07) is 2.35. The van der Waals surface area contributed by atoms with Gasteiger partial charge in [-0.05, 0) is 28.1 Å². The molecule has 1 fully saturated rings. The Hall–Kier alpha value is -1.41. The van der Waals surface area contributed by atoms with Gasteiger partial charge >= 0.3 is 0 Å². The van der Waals surface area contributed by atoms with Crippen molar-refractivity contribution < 1.29 is 13.6 Å². The number of terminal acetylenes is 1. The maximum atomic E-state index is 13.4. The molecule has 17 heavy (non-hydrogen) atoms. The van der Waals surface area contributed by atoms with E-state index >= 15 is 0 Å². The predicted molar refractivity (Wildman–Crippen MR) is 63.4 cm³/mol. The van der Waals surface area contributed by atoms with Crippen LogP contribution in [0.2, 0.25) is 0 Å². The second-order valence-electron chi connectivity index (χ2n) is 3.77. The molecule has 0 saturated carbocycles. The molecule has 2 nitrogen and oxygen atoms in total. The molecule has 1 unspecified atom stereocenters. The van der Waals surface area contributed by atoms with Crippen LogP contribution in [-0.4, -0.2) is 12.5 Å². The highest BCUT2D eigenvalue weighted by Crippen LogP contribution is 2.33. The summed E-state index contributed by atoms with van der Waals surface area (Å²) in [5.41, 5.74) is 0.312. The Morgan fingerprint density at radius 2 is 2.18 bits per heavy atom. The van der Waals surface area contributed by atoms with Gasteiger partial charge in [0.25, 0.3) is 0 Å². The highest BCUT2D eigenvalue weighted by atomic mass is 79.9. The van der Waals surface area contributed by atoms with E-state index in [1.165, 1.54) is 11.0 Å². The largest absolute Gasteiger partial charge is 0.310 e. The van der Waals surface area contributed by atoms with Crippen LogP contribution in [0.4, 0.5) is 14.5 Å². The van der Waals surface area contributed by atoms with Gasteiger partial charge in [-0.2, -0.15) is 0 Å². The van der Waals surface area contributed by atoms with Crippen molar-refractivity contribution in [3.8, 4) is 12.3 Å². The lowest BCUT2D eigenvalue weighted by atomic mass is 10.1. The zero-order valence-electron chi connectivity index (χ0n) is 8.71. The number of hydrogen-bond acceptors (Lipinski definition) is 1. The Labute approximate surface area is 106 Å². The molecule has 1 atom stereocenters. The van der Waals surface area contributed by atoms with Crippen LogP contribution >= 0.6 is 15.9 Å². The zero-order chi connectivity index (χ0) is 12.6. The summed E-state index contributed by atoms with van der Waals surface area (Å²) in [5, 5.41) is 0. The second-order valence-corrected chi connectivity index (χ2v) is 4.56. The molecule has 1 aromatic carbocycles. The third kappa shape index (κ3) is 2.05. The topological polar surface area (TPSA) is 20.3 Å². The molecule has 0 N–H and O–H groups in total. The van der Waals surface area contributed by atoms with Gasteiger partial charge in [-0.15, -0.1) is 12.3 Å². The Morgan fingerprint density at radius 3 is 2.76 bits per heavy atom. The lowest BCUT2D eigenvalue weighted by molar-refractivity contribution is -0.117. The highest BCUT2D eigenvalue weighted by molar-refractivity contribution is 9.10. The van der Waals surface area contributed by atoms with Crippen LogP contribution in [0.25, 0.3) is 0 Å². The summed E-state index contributed by atoms with van der Waals surface area (Å²) >= 11 is 2.95. The number of anilines is 1. The SMILES string of the molecule is C#CC1CC(=O)N(c2ccc(F)c(F)c2Br)C1. The van der Waals surface area contributed by atoms with E-state index in [9.17, 15) is 13.6 Å². The van der Waals surface area contributed by atoms with E-state index in [4.69, 9.17) is 6.42 Å². The van der Waals surface area contributed by atoms with Gasteiger partial charge in [-0.1, -0.05) is 0 Å². The van der Waals surface area contributed by atoms with Crippen molar-refractivity contribution in [2.75, 3.05) is 11.4 Å². The van der Waals surface area contributed by atoms with Gasteiger partial charge in [0.2, 0.25) is 5.91 Å². The summed E-state index contributed by atoms with van der Waals surface area (Å²) in [6.45, 7) is 0.332. The second kappa shape index (κ2) is 4.46. The molecule has 1 heterocycles. The van der Waals surface area contributed by atoms with E-state index in [0.29, 0.717) is 12.2 Å². The minimum absolute atomic E-state index is 0.0523. The minimum atomic E-state index is -1.00. The molecule has 0 aromatic heterocycles. The maximum Gasteiger partial charge on any atom is 0.228 e. The van der Waals surface area contributed by atoms with Crippen LogP contribution in [0.1, 0.15) is 6.42 Å². The summed E-state index contributed by atoms with van der Waals surface area (Å²) in [6.07, 6.45) is 5.49. The summed E-state index contributed by atoms with van der Waals surface area (Å²) in [7, 11) is 0. The van der Waals surface area contributed by atoms with Crippen molar-refractivity contribution in [2.45, 2.75) is 6.42 Å². The third-order valence-electron chi connectivity index (χ3n) is 2.67. The van der Waals surface area contributed by atoms with Crippen molar-refractivity contribution >= 4 is 27.5 Å². The average molecular weight is 300 g/mol. The van der Waals surface area contributed by atoms with Crippen LogP contribution in [0.3, 0.4) is 0 Å². The Kier molecular flexibility index (Phi) is 3.16. The molecule has 0 bridgehead atoms. The standard InChI is InChI=1S/C12H8BrF2NO/c1-2-7-5-10(17)16(6-7)9-4-3-8(14)12(15)11(9)13/h1,3-4,7H,5-6H2. The van der Waals surface area contributed by atoms with Crippen molar-refractivity contribution in [2.24, 2.45) is 5.92 Å². The molecular weight excluding hydrogens is 292 g/mol. The van der Waals surface area contributed by atoms with E-state index in [0.717, 1.165) is 6.07 Å². The van der Waals surface area contributed by atoms with Crippen LogP contribution < -0.4 is 4.90 Å². The Balaban J connectivity index is 2.40. The molecular formula is C12H8BrF2NO. The molecule has 1 aromatic rings. The van der Waals surface area contributed by atoms with E-state index in [1.807, 2.05) is 0 Å². The third-order valence-corrected chi connectivity index (χ3v) is 3.42. The number of carbonyl (C=O) groups excluding carboxylic acids is 1. The number of carbonyl (C=O) groups is 1. The fourth-order valence-electron chi connectivity index (χ4n) is 1.78. The lowest BCUT2D eigenvalue weighted by Gasteiger charge is -2.18. The Bertz CT molecular complexity index is 524. The van der Waals surface area contributed by atoms with Crippen molar-refractivity contribution in [1.82, 2.24) is 0 Å². The molecule has 1 saturated heterocycles. The van der Waals surface area contributed by atoms with E-state index in [-0.39, 0.29) is 22.7 Å². The number of rotatable bonds is 1. The van der Waals surface area contributed by atoms with Crippen LogP contribution in [0.15, 0.2) is 16.6 Å². The van der Waals surface area contributed by atoms with Crippen molar-refractivity contribution in [1.29, 1.82) is 0 Å². The maximum absolute atomic E-state index is 13.4. The van der Waals surface area contributed by atoms with Gasteiger partial charge in [0.1, 0.15) is 0 Å². The first-order chi connectivity index (χ1) is 8.04. The summed E-state index contributed by atoms with van der Waals surface area (Å²) in [4.78, 5) is 13.1. The number of benzene rings is 1. The zero-order valence-corrected chi connectivity index (χ0v) is 10.3. The van der Waals surface area contributed by atoms with Gasteiger partial charge in [0.05, 0.1) is 10.2 Å². The van der Waals surface area contributed by atoms with Gasteiger partial charge in [-0.25, -0.2) is 8.78 Å². The fourth-order valence-corrected chi connectivity index (χ4v) is 2.31. The predicted octanol–water partition coefficient (Wildman–Crippen LogP) is 2.71. The van der Waals surface area contributed by atoms with E-state index < -0.39 is 11.6 Å². The fraction of sp³-hybridized carbons (Fsp3) is 0.250. The van der Waals surface area contributed by atoms with Gasteiger partial charge < -0.3 is 4.90 Å². The average Bonchev–Trinajstić information content (AvgIpc) is 2.68. The van der Waals surface area contributed by atoms with E-state index in [2.05, 4.69) is 21.9 Å². The smallest absolute Gasteiger partial charge is 0.228 e. The lowest BCUT2D eigenvalue weighted by Crippen LogP contribution is -2.25. The van der Waals surface area contributed by atoms with E-state index in [1.54, 1.807) is 0 Å². The number of hydrogen-bond donors (Lipinski definition) is 0. The molecule has 2 rings (SSSR count). The van der Waals surface area contributed by atoms with Crippen molar-refractivity contribution in [3.05, 3.63) is 28.2 Å². The van der Waals surface area contributed by atoms with Gasteiger partial charge in [0, 0.05) is 18.9 Å². The number of amides is 1. The monoisotopic (exact) mass is 299 g/mol. The summed E-state index contributed by atoms with van der Waals surface area (Å²) in [5.74, 6) is 0.177. The molecule has 5 heteroatoms. The molecule has 1 aliphatic rings. The van der Waals surface area contributed by atoms with Crippen LogP contribution in [0.5, 0.6) is 0 Å².